The summed E-state index contributed by atoms with van der Waals surface area (Å²) in [4.78, 5) is 59.5. The molecule has 19 atom stereocenters. The number of benzene rings is 1. The van der Waals surface area contributed by atoms with E-state index in [0.29, 0.717) is 15.7 Å². The number of aliphatic carboxylic acids is 1. The van der Waals surface area contributed by atoms with Gasteiger partial charge in [0.05, 0.1) is 103 Å². The van der Waals surface area contributed by atoms with Crippen LogP contribution in [0.15, 0.2) is 35.1 Å². The Kier molecular flexibility index (Phi) is 26.4. The number of aliphatic hydroxyl groups is 5. The quantitative estimate of drug-likeness (QED) is 0.0236. The van der Waals surface area contributed by atoms with E-state index >= 15 is 0 Å². The van der Waals surface area contributed by atoms with Gasteiger partial charge in [-0.25, -0.2) is 4.79 Å². The standard InChI is InChI=1S/C59H80IN3O23S3/c1-13-61-32-26-79-38(23-36(32)74-8)84-51-46(69)43(28(3)81-56(51)83-35-18-16-14-15-17-20-59(73)24-34(65)44(62-57(72)78-12)41(35)31(59)19-21-87-89-58(6,7)25-37(66)67)63-86-39-22-33(64)53(30(5)80-39)88-54(71)40-27(2)42(60)49(52(77-11)48(40)75-9)85-55-47(70)50(76-10)45(68)29(4)82-55/h14-15,19,28-30,32-33,35-36,38-39,43,45-47,50-51,53,55-56,61,63-64,68-70,73H,13,21-26H2,1-12H3,(H,62,72)(H,66,67)/b15-14?,31-19+/t28-,29+,30-,32+,33+,35+,36+,38+,39+,43-,45+,46+,47-,50-,51-,53-,55+,56+,59+/m1/s1. The molecule has 89 heavy (non-hydrogen) atoms. The number of ether oxygens (including phenoxy) is 12. The van der Waals surface area contributed by atoms with Gasteiger partial charge in [0.25, 0.3) is 0 Å². The summed E-state index contributed by atoms with van der Waals surface area (Å²) in [6, 6.07) is -1.34. The van der Waals surface area contributed by atoms with Crippen molar-refractivity contribution in [3.63, 3.8) is 0 Å². The molecule has 4 fully saturated rings. The van der Waals surface area contributed by atoms with E-state index in [-0.39, 0.29) is 77.3 Å². The third-order valence-electron chi connectivity index (χ3n) is 15.5. The Morgan fingerprint density at radius 3 is 2.24 bits per heavy atom. The lowest BCUT2D eigenvalue weighted by molar-refractivity contribution is -0.336. The number of carboxylic acid groups (broad SMARTS) is 1. The largest absolute Gasteiger partial charge is 0.492 e. The molecule has 494 valence electrons. The van der Waals surface area contributed by atoms with E-state index < -0.39 is 143 Å². The highest BCUT2D eigenvalue weighted by Crippen LogP contribution is 2.49. The minimum Gasteiger partial charge on any atom is -0.492 e. The molecule has 26 nitrogen and oxygen atoms in total. The Morgan fingerprint density at radius 2 is 1.58 bits per heavy atom. The first-order chi connectivity index (χ1) is 42.2. The number of Topliss-reactive ketones (excluding diaryl/α,β-unsaturated/α-hetero) is 1. The van der Waals surface area contributed by atoms with Gasteiger partial charge in [0.2, 0.25) is 17.2 Å². The van der Waals surface area contributed by atoms with Crippen LogP contribution in [0.4, 0.5) is 4.79 Å². The topological polar surface area (TPSA) is 346 Å². The molecule has 1 aromatic rings. The fourth-order valence-electron chi connectivity index (χ4n) is 11.0. The number of alkyl carbamates (subject to hydrolysis) is 1. The maximum atomic E-state index is 14.5. The minimum atomic E-state index is -2.17. The van der Waals surface area contributed by atoms with E-state index in [9.17, 15) is 49.8 Å². The van der Waals surface area contributed by atoms with E-state index in [1.807, 2.05) is 29.5 Å². The van der Waals surface area contributed by atoms with Crippen molar-refractivity contribution in [2.75, 3.05) is 54.5 Å². The number of halogens is 1. The number of carboxylic acids is 1. The molecule has 9 N–H and O–H groups in total. The molecule has 2 bridgehead atoms. The highest BCUT2D eigenvalue weighted by Gasteiger charge is 2.52. The van der Waals surface area contributed by atoms with Crippen LogP contribution in [0.1, 0.15) is 83.1 Å². The monoisotopic (exact) mass is 1420 g/mol. The average molecular weight is 1420 g/mol. The number of aliphatic hydroxyl groups excluding tert-OH is 4. The molecule has 1 amide bonds. The number of nitrogens with one attached hydrogen (secondary N) is 3. The van der Waals surface area contributed by atoms with Gasteiger partial charge in [-0.2, -0.15) is 5.48 Å². The molecule has 30 heteroatoms. The molecule has 0 spiro atoms. The van der Waals surface area contributed by atoms with Gasteiger partial charge in [-0.05, 0) is 88.4 Å². The molecule has 0 radical (unpaired) electrons. The molecule has 1 aromatic carbocycles. The van der Waals surface area contributed by atoms with Crippen LogP contribution in [0.5, 0.6) is 17.2 Å². The van der Waals surface area contributed by atoms with Crippen LogP contribution in [0.3, 0.4) is 0 Å². The molecule has 7 rings (SSSR count). The fourth-order valence-corrected chi connectivity index (χ4v) is 15.1. The number of rotatable bonds is 24. The highest BCUT2D eigenvalue weighted by atomic mass is 127. The van der Waals surface area contributed by atoms with Crippen LogP contribution in [-0.4, -0.2) is 228 Å². The number of thioether (sulfide) groups is 1. The molecule has 2 aliphatic carbocycles. The van der Waals surface area contributed by atoms with Gasteiger partial charge in [-0.3, -0.25) is 24.5 Å². The Hall–Kier alpha value is -3.82. The van der Waals surface area contributed by atoms with E-state index in [1.54, 1.807) is 54.7 Å². The number of likely N-dealkylation sites (N-methyl/N-ethyl adjacent to an activating group) is 1. The Morgan fingerprint density at radius 1 is 0.876 bits per heavy atom. The van der Waals surface area contributed by atoms with Gasteiger partial charge in [0.15, 0.2) is 41.8 Å². The Labute approximate surface area is 542 Å². The van der Waals surface area contributed by atoms with Gasteiger partial charge in [-0.1, -0.05) is 70.0 Å². The highest BCUT2D eigenvalue weighted by molar-refractivity contribution is 14.1. The summed E-state index contributed by atoms with van der Waals surface area (Å²) >= 11 is 2.80. The molecule has 0 aromatic heterocycles. The van der Waals surface area contributed by atoms with Gasteiger partial charge in [-0.15, -0.1) is 0 Å². The molecule has 4 aliphatic heterocycles. The van der Waals surface area contributed by atoms with Crippen LogP contribution < -0.4 is 30.3 Å². The van der Waals surface area contributed by atoms with Gasteiger partial charge >= 0.3 is 12.1 Å². The number of ketones is 1. The van der Waals surface area contributed by atoms with Crippen LogP contribution in [-0.2, 0) is 57.1 Å². The lowest BCUT2D eigenvalue weighted by Gasteiger charge is -2.46. The van der Waals surface area contributed by atoms with Crippen LogP contribution in [0.2, 0.25) is 0 Å². The number of methoxy groups -OCH3 is 5. The second-order valence-corrected chi connectivity index (χ2v) is 27.5. The molecule has 4 heterocycles. The van der Waals surface area contributed by atoms with Gasteiger partial charge < -0.3 is 92.8 Å². The van der Waals surface area contributed by atoms with Crippen molar-refractivity contribution in [2.24, 2.45) is 0 Å². The lowest BCUT2D eigenvalue weighted by Crippen LogP contribution is -2.65. The van der Waals surface area contributed by atoms with Gasteiger partial charge in [0, 0.05) is 48.7 Å². The minimum absolute atomic E-state index is 0.0131. The third kappa shape index (κ3) is 17.3. The second-order valence-electron chi connectivity index (χ2n) is 22.3. The van der Waals surface area contributed by atoms with Crippen molar-refractivity contribution in [3.8, 4) is 40.9 Å². The zero-order valence-corrected chi connectivity index (χ0v) is 55.9. The molecule has 4 saturated heterocycles. The number of hydrogen-bond donors (Lipinski definition) is 9. The van der Waals surface area contributed by atoms with E-state index in [2.05, 4.69) is 39.8 Å². The first-order valence-electron chi connectivity index (χ1n) is 28.6. The number of amides is 1. The smallest absolute Gasteiger partial charge is 0.411 e. The van der Waals surface area contributed by atoms with Crippen molar-refractivity contribution in [1.82, 2.24) is 16.1 Å². The summed E-state index contributed by atoms with van der Waals surface area (Å²) in [5.74, 6) is 9.92. The summed E-state index contributed by atoms with van der Waals surface area (Å²) in [5.41, 5.74) is 0.873. The van der Waals surface area contributed by atoms with Gasteiger partial charge in [0.1, 0.15) is 36.6 Å². The van der Waals surface area contributed by atoms with Crippen molar-refractivity contribution >= 4 is 78.9 Å². The fraction of sp³-hybridized carbons (Fsp3) is 0.661. The zero-order chi connectivity index (χ0) is 65.2. The van der Waals surface area contributed by atoms with Crippen LogP contribution in [0.25, 0.3) is 0 Å². The lowest BCUT2D eigenvalue weighted by atomic mass is 9.75. The molecular weight excluding hydrogens is 1340 g/mol. The third-order valence-corrected chi connectivity index (χ3v) is 21.3. The summed E-state index contributed by atoms with van der Waals surface area (Å²) in [7, 11) is 9.29. The average Bonchev–Trinajstić information content (AvgIpc) is 0.821. The SMILES string of the molecule is CCN[C@H]1CO[C@@H](O[C@H]2[C@H](O[C@H]3C#CC=CC#C[C@]4(O)CC(=O)C(NC(=O)OC)=C3/C4=C\CSSC(C)(C)CC(=O)O)O[C@H](C)[C@@H](NO[C@H]3C[C@H](O)[C@H](SC(=O)c4c(C)c(I)c(O[C@@H]5O[C@@H](C)[C@H](O)[C@@H](OC)[C@H]5O)c(OC)c4OC)[C@@H](C)O3)[C@@H]2O)C[C@@H]1OC. The second kappa shape index (κ2) is 32.3. The van der Waals surface area contributed by atoms with E-state index in [0.717, 1.165) is 18.9 Å². The number of hydrogen-bond acceptors (Lipinski definition) is 27. The van der Waals surface area contributed by atoms with E-state index in [1.165, 1.54) is 55.1 Å². The number of allylic oxidation sites excluding steroid dienone is 3. The summed E-state index contributed by atoms with van der Waals surface area (Å²) in [6.45, 7) is 12.8. The Balaban J connectivity index is 1.13. The maximum absolute atomic E-state index is 14.5. The van der Waals surface area contributed by atoms with Crippen molar-refractivity contribution in [1.29, 1.82) is 0 Å². The molecule has 0 saturated carbocycles. The maximum Gasteiger partial charge on any atom is 0.411 e. The first-order valence-corrected chi connectivity index (χ1v) is 32.9. The normalized spacial score (nSPS) is 34.4. The van der Waals surface area contributed by atoms with Crippen molar-refractivity contribution in [3.05, 3.63) is 49.8 Å². The number of carbonyl (C=O) groups excluding carboxylic acids is 3. The molecular formula is C59H80IN3O23S3. The number of hydroxylamine groups is 1. The zero-order valence-electron chi connectivity index (χ0n) is 51.3. The van der Waals surface area contributed by atoms with Crippen LogP contribution >= 0.6 is 55.9 Å². The Bertz CT molecular complexity index is 2920. The molecule has 0 unspecified atom stereocenters. The predicted octanol–water partition coefficient (Wildman–Crippen LogP) is 3.17. The van der Waals surface area contributed by atoms with Crippen molar-refractivity contribution in [2.45, 2.75) is 194 Å². The summed E-state index contributed by atoms with van der Waals surface area (Å²) in [5, 5.41) is 72.4. The van der Waals surface area contributed by atoms with E-state index in [4.69, 9.17) is 61.7 Å². The first kappa shape index (κ1) is 72.6. The number of carbonyl (C=O) groups is 4. The summed E-state index contributed by atoms with van der Waals surface area (Å²) in [6.07, 6.45) is -14.8. The number of fused-ring (bicyclic) bond motifs is 2. The summed E-state index contributed by atoms with van der Waals surface area (Å²) < 4.78 is 71.9. The molecule has 6 aliphatic rings. The van der Waals surface area contributed by atoms with Crippen LogP contribution in [0, 0.1) is 34.2 Å². The van der Waals surface area contributed by atoms with Crippen molar-refractivity contribution < 1.29 is 111 Å². The predicted molar refractivity (Wildman–Crippen MR) is 332 cm³/mol.